The summed E-state index contributed by atoms with van der Waals surface area (Å²) in [7, 11) is 3.19. The zero-order valence-corrected chi connectivity index (χ0v) is 13.0. The highest BCUT2D eigenvalue weighted by molar-refractivity contribution is 7.13. The van der Waals surface area contributed by atoms with Crippen LogP contribution < -0.4 is 9.47 Å². The molecule has 0 radical (unpaired) electrons. The van der Waals surface area contributed by atoms with Gasteiger partial charge in [-0.25, -0.2) is 9.37 Å². The Kier molecular flexibility index (Phi) is 4.06. The molecular weight excluding hydrogens is 301 g/mol. The van der Waals surface area contributed by atoms with Crippen LogP contribution >= 0.6 is 11.3 Å². The van der Waals surface area contributed by atoms with Crippen LogP contribution in [0.5, 0.6) is 11.5 Å². The Morgan fingerprint density at radius 2 is 1.91 bits per heavy atom. The second-order valence-electron chi connectivity index (χ2n) is 4.61. The van der Waals surface area contributed by atoms with Crippen molar-refractivity contribution in [3.05, 3.63) is 53.7 Å². The quantitative estimate of drug-likeness (QED) is 0.703. The molecule has 5 heteroatoms. The van der Waals surface area contributed by atoms with Crippen LogP contribution in [0.3, 0.4) is 0 Å². The Balaban J connectivity index is 2.02. The first-order valence-corrected chi connectivity index (χ1v) is 7.53. The number of nitrogens with zero attached hydrogens (tertiary/aromatic N) is 1. The molecule has 0 atom stereocenters. The summed E-state index contributed by atoms with van der Waals surface area (Å²) in [6.45, 7) is 0. The minimum absolute atomic E-state index is 0.313. The molecule has 0 aliphatic heterocycles. The molecule has 112 valence electrons. The van der Waals surface area contributed by atoms with Gasteiger partial charge in [-0.05, 0) is 30.3 Å². The molecule has 22 heavy (non-hydrogen) atoms. The monoisotopic (exact) mass is 315 g/mol. The summed E-state index contributed by atoms with van der Waals surface area (Å²) >= 11 is 1.50. The third-order valence-electron chi connectivity index (χ3n) is 3.26. The fourth-order valence-corrected chi connectivity index (χ4v) is 2.98. The molecule has 1 aromatic heterocycles. The molecule has 0 fully saturated rings. The molecule has 1 heterocycles. The van der Waals surface area contributed by atoms with Crippen molar-refractivity contribution in [2.45, 2.75) is 0 Å². The zero-order valence-electron chi connectivity index (χ0n) is 12.2. The molecule has 0 aliphatic carbocycles. The van der Waals surface area contributed by atoms with Crippen molar-refractivity contribution in [3.8, 4) is 33.3 Å². The molecule has 0 saturated heterocycles. The van der Waals surface area contributed by atoms with E-state index in [4.69, 9.17) is 9.47 Å². The van der Waals surface area contributed by atoms with E-state index in [-0.39, 0.29) is 5.82 Å². The summed E-state index contributed by atoms with van der Waals surface area (Å²) in [4.78, 5) is 4.59. The largest absolute Gasteiger partial charge is 0.497 e. The van der Waals surface area contributed by atoms with Crippen LogP contribution in [0.2, 0.25) is 0 Å². The van der Waals surface area contributed by atoms with E-state index >= 15 is 0 Å². The molecule has 0 spiro atoms. The van der Waals surface area contributed by atoms with Crippen LogP contribution in [0.15, 0.2) is 47.8 Å². The van der Waals surface area contributed by atoms with Crippen molar-refractivity contribution in [1.82, 2.24) is 4.98 Å². The summed E-state index contributed by atoms with van der Waals surface area (Å²) in [5, 5.41) is 2.74. The third-order valence-corrected chi connectivity index (χ3v) is 4.15. The predicted octanol–water partition coefficient (Wildman–Crippen LogP) is 4.63. The highest BCUT2D eigenvalue weighted by Gasteiger charge is 2.12. The molecular formula is C17H14FNO2S. The second-order valence-corrected chi connectivity index (χ2v) is 5.47. The average Bonchev–Trinajstić information content (AvgIpc) is 3.05. The van der Waals surface area contributed by atoms with E-state index in [9.17, 15) is 4.39 Å². The van der Waals surface area contributed by atoms with Gasteiger partial charge in [0.25, 0.3) is 0 Å². The average molecular weight is 315 g/mol. The van der Waals surface area contributed by atoms with E-state index in [0.717, 1.165) is 16.3 Å². The number of aromatic nitrogens is 1. The van der Waals surface area contributed by atoms with Gasteiger partial charge in [0.15, 0.2) is 0 Å². The first-order valence-electron chi connectivity index (χ1n) is 6.65. The Morgan fingerprint density at radius 1 is 1.05 bits per heavy atom. The smallest absolute Gasteiger partial charge is 0.128 e. The molecule has 3 nitrogen and oxygen atoms in total. The van der Waals surface area contributed by atoms with E-state index in [1.165, 1.54) is 23.5 Å². The maximum Gasteiger partial charge on any atom is 0.128 e. The summed E-state index contributed by atoms with van der Waals surface area (Å²) in [6.07, 6.45) is 0. The van der Waals surface area contributed by atoms with Crippen LogP contribution in [0, 0.1) is 5.82 Å². The summed E-state index contributed by atoms with van der Waals surface area (Å²) in [6, 6.07) is 12.1. The highest BCUT2D eigenvalue weighted by Crippen LogP contribution is 2.35. The number of benzene rings is 2. The van der Waals surface area contributed by atoms with Crippen molar-refractivity contribution < 1.29 is 13.9 Å². The molecule has 3 rings (SSSR count). The summed E-state index contributed by atoms with van der Waals surface area (Å²) < 4.78 is 24.0. The maximum absolute atomic E-state index is 13.5. The van der Waals surface area contributed by atoms with Gasteiger partial charge < -0.3 is 9.47 Å². The number of hydrogen-bond donors (Lipinski definition) is 0. The SMILES string of the molecule is COc1cccc(-c2nc(-c3cc(F)ccc3OC)cs2)c1. The van der Waals surface area contributed by atoms with Gasteiger partial charge in [0, 0.05) is 16.5 Å². The normalized spacial score (nSPS) is 10.5. The zero-order chi connectivity index (χ0) is 15.5. The Bertz CT molecular complexity index is 801. The van der Waals surface area contributed by atoms with Crippen molar-refractivity contribution in [2.24, 2.45) is 0 Å². The highest BCUT2D eigenvalue weighted by atomic mass is 32.1. The van der Waals surface area contributed by atoms with Crippen molar-refractivity contribution >= 4 is 11.3 Å². The first-order chi connectivity index (χ1) is 10.7. The molecule has 0 saturated carbocycles. The van der Waals surface area contributed by atoms with Gasteiger partial charge in [-0.3, -0.25) is 0 Å². The van der Waals surface area contributed by atoms with Crippen LogP contribution in [-0.4, -0.2) is 19.2 Å². The van der Waals surface area contributed by atoms with E-state index in [1.54, 1.807) is 20.3 Å². The topological polar surface area (TPSA) is 31.4 Å². The number of rotatable bonds is 4. The molecule has 0 bridgehead atoms. The number of methoxy groups -OCH3 is 2. The summed E-state index contributed by atoms with van der Waals surface area (Å²) in [5.74, 6) is 1.06. The molecule has 0 aliphatic rings. The number of hydrogen-bond acceptors (Lipinski definition) is 4. The molecule has 2 aromatic carbocycles. The lowest BCUT2D eigenvalue weighted by molar-refractivity contribution is 0.415. The van der Waals surface area contributed by atoms with Crippen molar-refractivity contribution in [1.29, 1.82) is 0 Å². The first kappa shape index (κ1) is 14.5. The Labute approximate surface area is 132 Å². The predicted molar refractivity (Wildman–Crippen MR) is 86.0 cm³/mol. The second kappa shape index (κ2) is 6.15. The van der Waals surface area contributed by atoms with Gasteiger partial charge >= 0.3 is 0 Å². The number of ether oxygens (including phenoxy) is 2. The van der Waals surface area contributed by atoms with Crippen LogP contribution in [0.4, 0.5) is 4.39 Å². The lowest BCUT2D eigenvalue weighted by atomic mass is 10.1. The van der Waals surface area contributed by atoms with Crippen molar-refractivity contribution in [2.75, 3.05) is 14.2 Å². The molecule has 0 N–H and O–H groups in total. The van der Waals surface area contributed by atoms with Crippen LogP contribution in [0.25, 0.3) is 21.8 Å². The lowest BCUT2D eigenvalue weighted by Gasteiger charge is -2.06. The number of halogens is 1. The van der Waals surface area contributed by atoms with E-state index in [0.29, 0.717) is 17.0 Å². The third kappa shape index (κ3) is 2.80. The van der Waals surface area contributed by atoms with E-state index in [1.807, 2.05) is 29.6 Å². The molecule has 0 amide bonds. The van der Waals surface area contributed by atoms with Crippen LogP contribution in [0.1, 0.15) is 0 Å². The van der Waals surface area contributed by atoms with Crippen LogP contribution in [-0.2, 0) is 0 Å². The lowest BCUT2D eigenvalue weighted by Crippen LogP contribution is -1.89. The molecule has 0 unspecified atom stereocenters. The fourth-order valence-electron chi connectivity index (χ4n) is 2.17. The summed E-state index contributed by atoms with van der Waals surface area (Å²) in [5.41, 5.74) is 2.30. The minimum Gasteiger partial charge on any atom is -0.497 e. The van der Waals surface area contributed by atoms with Gasteiger partial charge in [-0.15, -0.1) is 11.3 Å². The minimum atomic E-state index is -0.313. The Hall–Kier alpha value is -2.40. The van der Waals surface area contributed by atoms with Gasteiger partial charge in [0.2, 0.25) is 0 Å². The maximum atomic E-state index is 13.5. The van der Waals surface area contributed by atoms with E-state index < -0.39 is 0 Å². The standard InChI is InChI=1S/C17H14FNO2S/c1-20-13-5-3-4-11(8-13)17-19-15(10-22-17)14-9-12(18)6-7-16(14)21-2/h3-10H,1-2H3. The number of thiazole rings is 1. The Morgan fingerprint density at radius 3 is 2.68 bits per heavy atom. The van der Waals surface area contributed by atoms with Crippen molar-refractivity contribution in [3.63, 3.8) is 0 Å². The van der Waals surface area contributed by atoms with Gasteiger partial charge in [-0.1, -0.05) is 12.1 Å². The van der Waals surface area contributed by atoms with Gasteiger partial charge in [0.05, 0.1) is 19.9 Å². The fraction of sp³-hybridized carbons (Fsp3) is 0.118. The van der Waals surface area contributed by atoms with E-state index in [2.05, 4.69) is 4.98 Å². The molecule has 3 aromatic rings. The van der Waals surface area contributed by atoms with Gasteiger partial charge in [-0.2, -0.15) is 0 Å². The van der Waals surface area contributed by atoms with Gasteiger partial charge in [0.1, 0.15) is 22.3 Å².